The smallest absolute Gasteiger partial charge is 0.356 e. The minimum Gasteiger partial charge on any atom is -0.476 e. The van der Waals surface area contributed by atoms with Gasteiger partial charge in [-0.3, -0.25) is 4.68 Å². The second-order valence-electron chi connectivity index (χ2n) is 5.36. The first-order chi connectivity index (χ1) is 9.55. The lowest BCUT2D eigenvalue weighted by atomic mass is 9.94. The molecular formula is C15H16N2O3. The van der Waals surface area contributed by atoms with Crippen molar-refractivity contribution in [1.82, 2.24) is 9.78 Å². The molecule has 1 aliphatic rings. The number of aromatic nitrogens is 2. The lowest BCUT2D eigenvalue weighted by molar-refractivity contribution is 0.0689. The molecule has 1 aromatic carbocycles. The van der Waals surface area contributed by atoms with Crippen LogP contribution >= 0.6 is 0 Å². The minimum absolute atomic E-state index is 0.0381. The second-order valence-corrected chi connectivity index (χ2v) is 5.36. The lowest BCUT2D eigenvalue weighted by Crippen LogP contribution is -2.11. The van der Waals surface area contributed by atoms with Crippen molar-refractivity contribution in [3.05, 3.63) is 41.6 Å². The van der Waals surface area contributed by atoms with Crippen LogP contribution in [-0.2, 0) is 12.5 Å². The molecule has 5 nitrogen and oxygen atoms in total. The van der Waals surface area contributed by atoms with Crippen LogP contribution in [0, 0.1) is 0 Å². The maximum Gasteiger partial charge on any atom is 0.356 e. The van der Waals surface area contributed by atoms with Crippen molar-refractivity contribution in [2.75, 3.05) is 6.61 Å². The van der Waals surface area contributed by atoms with Crippen molar-refractivity contribution < 1.29 is 15.0 Å². The summed E-state index contributed by atoms with van der Waals surface area (Å²) in [4.78, 5) is 11.0. The van der Waals surface area contributed by atoms with E-state index in [9.17, 15) is 9.90 Å². The Labute approximate surface area is 116 Å². The summed E-state index contributed by atoms with van der Waals surface area (Å²) in [5.74, 6) is -1.03. The van der Waals surface area contributed by atoms with E-state index in [2.05, 4.69) is 5.10 Å². The van der Waals surface area contributed by atoms with Crippen LogP contribution in [-0.4, -0.2) is 32.6 Å². The summed E-state index contributed by atoms with van der Waals surface area (Å²) in [6.07, 6.45) is 2.00. The molecule has 2 aromatic rings. The summed E-state index contributed by atoms with van der Waals surface area (Å²) in [5, 5.41) is 22.5. The largest absolute Gasteiger partial charge is 0.476 e. The highest BCUT2D eigenvalue weighted by Crippen LogP contribution is 2.48. The van der Waals surface area contributed by atoms with Crippen molar-refractivity contribution >= 4 is 5.97 Å². The third-order valence-electron chi connectivity index (χ3n) is 4.03. The maximum atomic E-state index is 11.0. The zero-order chi connectivity index (χ0) is 14.3. The normalized spacial score (nSPS) is 16.1. The Hall–Kier alpha value is -2.14. The summed E-state index contributed by atoms with van der Waals surface area (Å²) in [6.45, 7) is 0.155. The molecule has 0 unspecified atom stereocenters. The van der Waals surface area contributed by atoms with E-state index in [4.69, 9.17) is 5.11 Å². The van der Waals surface area contributed by atoms with E-state index in [0.29, 0.717) is 0 Å². The lowest BCUT2D eigenvalue weighted by Gasteiger charge is -2.13. The van der Waals surface area contributed by atoms with Crippen LogP contribution < -0.4 is 0 Å². The predicted octanol–water partition coefficient (Wildman–Crippen LogP) is 1.81. The van der Waals surface area contributed by atoms with Gasteiger partial charge in [0.1, 0.15) is 0 Å². The van der Waals surface area contributed by atoms with E-state index in [-0.39, 0.29) is 17.7 Å². The Morgan fingerprint density at radius 1 is 1.40 bits per heavy atom. The van der Waals surface area contributed by atoms with Gasteiger partial charge < -0.3 is 10.2 Å². The molecule has 1 saturated carbocycles. The van der Waals surface area contributed by atoms with E-state index in [1.165, 1.54) is 0 Å². The van der Waals surface area contributed by atoms with Gasteiger partial charge in [-0.1, -0.05) is 18.2 Å². The molecule has 3 rings (SSSR count). The molecule has 2 N–H and O–H groups in total. The van der Waals surface area contributed by atoms with Crippen LogP contribution in [0.25, 0.3) is 11.3 Å². The summed E-state index contributed by atoms with van der Waals surface area (Å²) < 4.78 is 1.57. The van der Waals surface area contributed by atoms with Crippen LogP contribution in [0.4, 0.5) is 0 Å². The third-order valence-corrected chi connectivity index (χ3v) is 4.03. The van der Waals surface area contributed by atoms with E-state index in [1.54, 1.807) is 17.8 Å². The highest BCUT2D eigenvalue weighted by Gasteiger charge is 2.43. The molecule has 5 heteroatoms. The number of carboxylic acid groups (broad SMARTS) is 1. The first kappa shape index (κ1) is 12.9. The summed E-state index contributed by atoms with van der Waals surface area (Å²) >= 11 is 0. The van der Waals surface area contributed by atoms with Crippen LogP contribution in [0.5, 0.6) is 0 Å². The number of hydrogen-bond acceptors (Lipinski definition) is 3. The minimum atomic E-state index is -1.03. The Kier molecular flexibility index (Phi) is 2.87. The SMILES string of the molecule is Cn1nc(C(=O)O)cc1-c1cccc(C2(CO)CC2)c1. The number of aromatic carboxylic acids is 1. The fraction of sp³-hybridized carbons (Fsp3) is 0.333. The highest BCUT2D eigenvalue weighted by atomic mass is 16.4. The Bertz CT molecular complexity index is 672. The van der Waals surface area contributed by atoms with E-state index < -0.39 is 5.97 Å². The Balaban J connectivity index is 2.03. The van der Waals surface area contributed by atoms with Gasteiger partial charge >= 0.3 is 5.97 Å². The molecule has 0 amide bonds. The fourth-order valence-electron chi connectivity index (χ4n) is 2.54. The van der Waals surface area contributed by atoms with Crippen LogP contribution in [0.15, 0.2) is 30.3 Å². The van der Waals surface area contributed by atoms with E-state index in [1.807, 2.05) is 24.3 Å². The van der Waals surface area contributed by atoms with Gasteiger partial charge in [0, 0.05) is 18.0 Å². The highest BCUT2D eigenvalue weighted by molar-refractivity contribution is 5.87. The number of carboxylic acids is 1. The van der Waals surface area contributed by atoms with Gasteiger partial charge in [0.05, 0.1) is 12.3 Å². The van der Waals surface area contributed by atoms with Crippen LogP contribution in [0.3, 0.4) is 0 Å². The number of aliphatic hydroxyl groups is 1. The van der Waals surface area contributed by atoms with E-state index in [0.717, 1.165) is 29.7 Å². The van der Waals surface area contributed by atoms with Crippen molar-refractivity contribution in [3.8, 4) is 11.3 Å². The van der Waals surface area contributed by atoms with E-state index >= 15 is 0 Å². The van der Waals surface area contributed by atoms with Crippen molar-refractivity contribution in [2.45, 2.75) is 18.3 Å². The topological polar surface area (TPSA) is 75.4 Å². The molecule has 1 fully saturated rings. The zero-order valence-corrected chi connectivity index (χ0v) is 11.2. The van der Waals surface area contributed by atoms with Gasteiger partial charge in [0.2, 0.25) is 0 Å². The van der Waals surface area contributed by atoms with Crippen molar-refractivity contribution in [1.29, 1.82) is 0 Å². The van der Waals surface area contributed by atoms with Gasteiger partial charge in [-0.2, -0.15) is 5.10 Å². The average Bonchev–Trinajstić information content (AvgIpc) is 3.15. The zero-order valence-electron chi connectivity index (χ0n) is 11.2. The fourth-order valence-corrected chi connectivity index (χ4v) is 2.54. The number of carbonyl (C=O) groups is 1. The van der Waals surface area contributed by atoms with Crippen molar-refractivity contribution in [2.24, 2.45) is 7.05 Å². The molecule has 20 heavy (non-hydrogen) atoms. The van der Waals surface area contributed by atoms with Crippen LogP contribution in [0.1, 0.15) is 28.9 Å². The molecule has 0 saturated heterocycles. The first-order valence-corrected chi connectivity index (χ1v) is 6.55. The molecule has 0 radical (unpaired) electrons. The quantitative estimate of drug-likeness (QED) is 0.890. The average molecular weight is 272 g/mol. The molecule has 0 spiro atoms. The van der Waals surface area contributed by atoms with Gasteiger partial charge in [-0.15, -0.1) is 0 Å². The first-order valence-electron chi connectivity index (χ1n) is 6.55. The molecule has 1 heterocycles. The van der Waals surface area contributed by atoms with Gasteiger partial charge in [0.15, 0.2) is 5.69 Å². The van der Waals surface area contributed by atoms with Crippen molar-refractivity contribution in [3.63, 3.8) is 0 Å². The molecule has 1 aliphatic carbocycles. The standard InChI is InChI=1S/C15H16N2O3/c1-17-13(8-12(16-17)14(19)20)10-3-2-4-11(7-10)15(9-18)5-6-15/h2-4,7-8,18H,5-6,9H2,1H3,(H,19,20). The molecule has 0 atom stereocenters. The third kappa shape index (κ3) is 2.00. The number of hydrogen-bond donors (Lipinski definition) is 2. The molecule has 0 bridgehead atoms. The van der Waals surface area contributed by atoms with Gasteiger partial charge in [0.25, 0.3) is 0 Å². The number of rotatable bonds is 4. The van der Waals surface area contributed by atoms with Gasteiger partial charge in [-0.25, -0.2) is 4.79 Å². The summed E-state index contributed by atoms with van der Waals surface area (Å²) in [7, 11) is 1.73. The Morgan fingerprint density at radius 2 is 2.15 bits per heavy atom. The second kappa shape index (κ2) is 4.45. The molecule has 104 valence electrons. The summed E-state index contributed by atoms with van der Waals surface area (Å²) in [5.41, 5.74) is 2.74. The number of aryl methyl sites for hydroxylation is 1. The van der Waals surface area contributed by atoms with Gasteiger partial charge in [-0.05, 0) is 30.5 Å². The summed E-state index contributed by atoms with van der Waals surface area (Å²) in [6, 6.07) is 9.47. The maximum absolute atomic E-state index is 11.0. The number of nitrogens with zero attached hydrogens (tertiary/aromatic N) is 2. The predicted molar refractivity (Wildman–Crippen MR) is 73.6 cm³/mol. The Morgan fingerprint density at radius 3 is 2.70 bits per heavy atom. The molecular weight excluding hydrogens is 256 g/mol. The molecule has 1 aromatic heterocycles. The molecule has 0 aliphatic heterocycles. The number of benzene rings is 1. The van der Waals surface area contributed by atoms with Crippen LogP contribution in [0.2, 0.25) is 0 Å². The monoisotopic (exact) mass is 272 g/mol. The number of aliphatic hydroxyl groups excluding tert-OH is 1.